The van der Waals surface area contributed by atoms with Crippen molar-refractivity contribution in [3.63, 3.8) is 0 Å². The van der Waals surface area contributed by atoms with E-state index in [9.17, 15) is 0 Å². The minimum Gasteiger partial charge on any atom is -0.370 e. The van der Waals surface area contributed by atoms with E-state index in [4.69, 9.17) is 0 Å². The molecule has 4 nitrogen and oxygen atoms in total. The fraction of sp³-hybridized carbons (Fsp3) is 0.412. The highest BCUT2D eigenvalue weighted by atomic mass is 15.1. The zero-order valence-corrected chi connectivity index (χ0v) is 13.1. The molecule has 21 heavy (non-hydrogen) atoms. The molecule has 4 heteroatoms. The summed E-state index contributed by atoms with van der Waals surface area (Å²) in [5, 5.41) is 6.77. The normalized spacial score (nSPS) is 12.0. The predicted octanol–water partition coefficient (Wildman–Crippen LogP) is 4.18. The first-order valence-electron chi connectivity index (χ1n) is 7.67. The number of benzene rings is 1. The van der Waals surface area contributed by atoms with Gasteiger partial charge in [0.1, 0.15) is 11.6 Å². The highest BCUT2D eigenvalue weighted by molar-refractivity contribution is 5.61. The summed E-state index contributed by atoms with van der Waals surface area (Å²) >= 11 is 0. The Morgan fingerprint density at radius 3 is 2.43 bits per heavy atom. The molecule has 112 valence electrons. The van der Waals surface area contributed by atoms with Crippen LogP contribution in [0.2, 0.25) is 0 Å². The van der Waals surface area contributed by atoms with Gasteiger partial charge in [-0.3, -0.25) is 0 Å². The van der Waals surface area contributed by atoms with Gasteiger partial charge in [-0.15, -0.1) is 0 Å². The maximum absolute atomic E-state index is 4.64. The largest absolute Gasteiger partial charge is 0.370 e. The maximum Gasteiger partial charge on any atom is 0.163 e. The number of nitrogens with one attached hydrogen (secondary N) is 2. The van der Waals surface area contributed by atoms with Crippen molar-refractivity contribution in [1.29, 1.82) is 0 Å². The van der Waals surface area contributed by atoms with Crippen molar-refractivity contribution in [2.45, 2.75) is 39.7 Å². The topological polar surface area (TPSA) is 49.8 Å². The van der Waals surface area contributed by atoms with Gasteiger partial charge in [0.05, 0.1) is 0 Å². The van der Waals surface area contributed by atoms with Gasteiger partial charge in [-0.1, -0.05) is 44.2 Å². The number of hydrogen-bond donors (Lipinski definition) is 2. The van der Waals surface area contributed by atoms with E-state index in [2.05, 4.69) is 41.4 Å². The van der Waals surface area contributed by atoms with Gasteiger partial charge in [0, 0.05) is 24.2 Å². The molecule has 0 radical (unpaired) electrons. The molecule has 1 unspecified atom stereocenters. The lowest BCUT2D eigenvalue weighted by Crippen LogP contribution is -2.15. The molecule has 2 rings (SSSR count). The second kappa shape index (κ2) is 7.62. The lowest BCUT2D eigenvalue weighted by atomic mass is 10.2. The van der Waals surface area contributed by atoms with Crippen molar-refractivity contribution in [3.05, 3.63) is 36.4 Å². The molecular weight excluding hydrogens is 260 g/mol. The first-order valence-corrected chi connectivity index (χ1v) is 7.67. The fourth-order valence-corrected chi connectivity index (χ4v) is 1.94. The molecule has 1 heterocycles. The minimum atomic E-state index is 0.391. The maximum atomic E-state index is 4.64. The highest BCUT2D eigenvalue weighted by Gasteiger charge is 2.08. The van der Waals surface area contributed by atoms with Crippen LogP contribution < -0.4 is 10.6 Å². The lowest BCUT2D eigenvalue weighted by molar-refractivity contribution is 0.758. The molecule has 0 amide bonds. The summed E-state index contributed by atoms with van der Waals surface area (Å²) in [7, 11) is 0. The molecule has 0 saturated heterocycles. The Morgan fingerprint density at radius 1 is 1.05 bits per heavy atom. The molecule has 1 atom stereocenters. The quantitative estimate of drug-likeness (QED) is 0.801. The molecule has 0 aliphatic carbocycles. The molecule has 0 aliphatic heterocycles. The third kappa shape index (κ3) is 4.45. The van der Waals surface area contributed by atoms with E-state index in [1.54, 1.807) is 0 Å². The van der Waals surface area contributed by atoms with Crippen molar-refractivity contribution >= 4 is 11.6 Å². The van der Waals surface area contributed by atoms with E-state index < -0.39 is 0 Å². The molecule has 0 spiro atoms. The van der Waals surface area contributed by atoms with Gasteiger partial charge in [0.2, 0.25) is 0 Å². The second-order valence-electron chi connectivity index (χ2n) is 5.21. The van der Waals surface area contributed by atoms with Crippen LogP contribution in [0.1, 0.15) is 33.6 Å². The Kier molecular flexibility index (Phi) is 5.55. The lowest BCUT2D eigenvalue weighted by Gasteiger charge is -2.15. The van der Waals surface area contributed by atoms with Crippen molar-refractivity contribution in [1.82, 2.24) is 9.97 Å². The van der Waals surface area contributed by atoms with Crippen LogP contribution in [-0.4, -0.2) is 22.6 Å². The van der Waals surface area contributed by atoms with Crippen LogP contribution in [0.25, 0.3) is 11.4 Å². The third-order valence-electron chi connectivity index (χ3n) is 3.32. The first kappa shape index (κ1) is 15.3. The molecule has 0 saturated carbocycles. The standard InChI is InChI=1S/C17H24N4/c1-4-11-18-15-12-16(19-13(3)5-2)21-17(20-15)14-9-7-6-8-10-14/h6-10,12-13H,4-5,11H2,1-3H3,(H2,18,19,20,21). The van der Waals surface area contributed by atoms with Crippen LogP contribution in [0.4, 0.5) is 11.6 Å². The van der Waals surface area contributed by atoms with Gasteiger partial charge in [0.25, 0.3) is 0 Å². The zero-order chi connectivity index (χ0) is 15.1. The zero-order valence-electron chi connectivity index (χ0n) is 13.1. The Hall–Kier alpha value is -2.10. The van der Waals surface area contributed by atoms with Crippen molar-refractivity contribution in [3.8, 4) is 11.4 Å². The van der Waals surface area contributed by atoms with Crippen LogP contribution in [-0.2, 0) is 0 Å². The van der Waals surface area contributed by atoms with Crippen LogP contribution in [0.15, 0.2) is 36.4 Å². The van der Waals surface area contributed by atoms with E-state index in [1.165, 1.54) is 0 Å². The number of anilines is 2. The summed E-state index contributed by atoms with van der Waals surface area (Å²) in [5.41, 5.74) is 1.03. The van der Waals surface area contributed by atoms with Gasteiger partial charge < -0.3 is 10.6 Å². The number of aromatic nitrogens is 2. The molecule has 2 N–H and O–H groups in total. The first-order chi connectivity index (χ1) is 10.2. The minimum absolute atomic E-state index is 0.391. The molecule has 0 bridgehead atoms. The summed E-state index contributed by atoms with van der Waals surface area (Å²) in [5.74, 6) is 2.50. The summed E-state index contributed by atoms with van der Waals surface area (Å²) in [6.07, 6.45) is 2.13. The van der Waals surface area contributed by atoms with Gasteiger partial charge in [-0.25, -0.2) is 9.97 Å². The smallest absolute Gasteiger partial charge is 0.163 e. The SMILES string of the molecule is CCCNc1cc(NC(C)CC)nc(-c2ccccc2)n1. The van der Waals surface area contributed by atoms with Gasteiger partial charge >= 0.3 is 0 Å². The molecule has 0 fully saturated rings. The molecule has 2 aromatic rings. The van der Waals surface area contributed by atoms with Gasteiger partial charge in [-0.2, -0.15) is 0 Å². The van der Waals surface area contributed by atoms with Crippen molar-refractivity contribution in [2.24, 2.45) is 0 Å². The van der Waals surface area contributed by atoms with E-state index in [1.807, 2.05) is 36.4 Å². The Bertz CT molecular complexity index is 554. The van der Waals surface area contributed by atoms with Gasteiger partial charge in [0.15, 0.2) is 5.82 Å². The molecule has 1 aromatic carbocycles. The number of hydrogen-bond acceptors (Lipinski definition) is 4. The van der Waals surface area contributed by atoms with E-state index in [-0.39, 0.29) is 0 Å². The molecule has 1 aromatic heterocycles. The van der Waals surface area contributed by atoms with E-state index in [0.717, 1.165) is 42.4 Å². The van der Waals surface area contributed by atoms with Gasteiger partial charge in [-0.05, 0) is 19.8 Å². The average molecular weight is 284 g/mol. The van der Waals surface area contributed by atoms with Crippen LogP contribution in [0.5, 0.6) is 0 Å². The summed E-state index contributed by atoms with van der Waals surface area (Å²) in [6.45, 7) is 7.37. The summed E-state index contributed by atoms with van der Waals surface area (Å²) in [6, 6.07) is 12.5. The molecule has 0 aliphatic rings. The number of rotatable bonds is 7. The Balaban J connectivity index is 2.32. The number of nitrogens with zero attached hydrogens (tertiary/aromatic N) is 2. The van der Waals surface area contributed by atoms with Crippen molar-refractivity contribution < 1.29 is 0 Å². The highest BCUT2D eigenvalue weighted by Crippen LogP contribution is 2.20. The average Bonchev–Trinajstić information content (AvgIpc) is 2.53. The van der Waals surface area contributed by atoms with E-state index >= 15 is 0 Å². The Morgan fingerprint density at radius 2 is 1.76 bits per heavy atom. The Labute approximate surface area is 127 Å². The second-order valence-corrected chi connectivity index (χ2v) is 5.21. The third-order valence-corrected chi connectivity index (χ3v) is 3.32. The summed E-state index contributed by atoms with van der Waals surface area (Å²) in [4.78, 5) is 9.25. The van der Waals surface area contributed by atoms with Crippen LogP contribution in [0, 0.1) is 0 Å². The molecular formula is C17H24N4. The van der Waals surface area contributed by atoms with Crippen LogP contribution >= 0.6 is 0 Å². The predicted molar refractivity (Wildman–Crippen MR) is 89.6 cm³/mol. The fourth-order valence-electron chi connectivity index (χ4n) is 1.94. The van der Waals surface area contributed by atoms with E-state index in [0.29, 0.717) is 6.04 Å². The van der Waals surface area contributed by atoms with Crippen molar-refractivity contribution in [2.75, 3.05) is 17.2 Å². The van der Waals surface area contributed by atoms with Crippen LogP contribution in [0.3, 0.4) is 0 Å². The monoisotopic (exact) mass is 284 g/mol. The summed E-state index contributed by atoms with van der Waals surface area (Å²) < 4.78 is 0.